The predicted octanol–water partition coefficient (Wildman–Crippen LogP) is 2.95. The van der Waals surface area contributed by atoms with E-state index in [0.29, 0.717) is 11.3 Å². The first-order chi connectivity index (χ1) is 7.13. The molecule has 0 radical (unpaired) electrons. The van der Waals surface area contributed by atoms with Gasteiger partial charge >= 0.3 is 0 Å². The number of benzene rings is 1. The Bertz CT molecular complexity index is 523. The Morgan fingerprint density at radius 3 is 2.73 bits per heavy atom. The first kappa shape index (κ1) is 9.77. The number of hydrogen-bond donors (Lipinski definition) is 0. The lowest BCUT2D eigenvalue weighted by molar-refractivity contribution is 0.0988. The van der Waals surface area contributed by atoms with Crippen molar-refractivity contribution in [1.82, 2.24) is 0 Å². The molecule has 3 heteroatoms. The standard InChI is InChI=1S/C12H12O3/c1-7-10-5-4-9(14-3)6-11(10)15-12(7)8(2)13/h4-6H,1-3H3. The van der Waals surface area contributed by atoms with Crippen molar-refractivity contribution in [2.45, 2.75) is 13.8 Å². The number of rotatable bonds is 2. The molecule has 0 aliphatic heterocycles. The zero-order valence-corrected chi connectivity index (χ0v) is 8.96. The second-order valence-electron chi connectivity index (χ2n) is 3.47. The number of Topliss-reactive ketones (excluding diaryl/α,β-unsaturated/α-hetero) is 1. The van der Waals surface area contributed by atoms with Crippen LogP contribution in [0, 0.1) is 6.92 Å². The normalized spacial score (nSPS) is 10.6. The van der Waals surface area contributed by atoms with E-state index in [9.17, 15) is 4.79 Å². The molecule has 0 saturated heterocycles. The highest BCUT2D eigenvalue weighted by Crippen LogP contribution is 2.28. The smallest absolute Gasteiger partial charge is 0.195 e. The zero-order chi connectivity index (χ0) is 11.0. The molecule has 0 N–H and O–H groups in total. The lowest BCUT2D eigenvalue weighted by Gasteiger charge is -1.97. The lowest BCUT2D eigenvalue weighted by atomic mass is 10.1. The van der Waals surface area contributed by atoms with Crippen LogP contribution in [0.1, 0.15) is 23.0 Å². The van der Waals surface area contributed by atoms with Crippen molar-refractivity contribution in [2.24, 2.45) is 0 Å². The summed E-state index contributed by atoms with van der Waals surface area (Å²) >= 11 is 0. The Morgan fingerprint density at radius 2 is 2.13 bits per heavy atom. The van der Waals surface area contributed by atoms with E-state index >= 15 is 0 Å². The fraction of sp³-hybridized carbons (Fsp3) is 0.250. The summed E-state index contributed by atoms with van der Waals surface area (Å²) in [6.07, 6.45) is 0. The second-order valence-corrected chi connectivity index (χ2v) is 3.47. The topological polar surface area (TPSA) is 39.4 Å². The van der Waals surface area contributed by atoms with Gasteiger partial charge in [0.25, 0.3) is 0 Å². The fourth-order valence-electron chi connectivity index (χ4n) is 1.67. The van der Waals surface area contributed by atoms with Gasteiger partial charge in [0, 0.05) is 23.9 Å². The molecule has 0 unspecified atom stereocenters. The van der Waals surface area contributed by atoms with Crippen LogP contribution in [0.5, 0.6) is 5.75 Å². The van der Waals surface area contributed by atoms with Crippen LogP contribution in [0.2, 0.25) is 0 Å². The SMILES string of the molecule is COc1ccc2c(C)c(C(C)=O)oc2c1. The van der Waals surface area contributed by atoms with Crippen LogP contribution in [0.4, 0.5) is 0 Å². The molecule has 0 bridgehead atoms. The molecule has 0 saturated carbocycles. The van der Waals surface area contributed by atoms with Crippen molar-refractivity contribution in [3.05, 3.63) is 29.5 Å². The van der Waals surface area contributed by atoms with Gasteiger partial charge in [-0.25, -0.2) is 0 Å². The Kier molecular flexibility index (Phi) is 2.23. The molecule has 0 spiro atoms. The summed E-state index contributed by atoms with van der Waals surface area (Å²) < 4.78 is 10.6. The van der Waals surface area contributed by atoms with Gasteiger partial charge in [-0.3, -0.25) is 4.79 Å². The number of carbonyl (C=O) groups is 1. The number of ketones is 1. The summed E-state index contributed by atoms with van der Waals surface area (Å²) in [5.41, 5.74) is 1.58. The average Bonchev–Trinajstić information content (AvgIpc) is 2.55. The predicted molar refractivity (Wildman–Crippen MR) is 57.5 cm³/mol. The highest BCUT2D eigenvalue weighted by atomic mass is 16.5. The molecule has 0 amide bonds. The third-order valence-electron chi connectivity index (χ3n) is 2.47. The van der Waals surface area contributed by atoms with E-state index in [1.165, 1.54) is 6.92 Å². The fourth-order valence-corrected chi connectivity index (χ4v) is 1.67. The summed E-state index contributed by atoms with van der Waals surface area (Å²) in [6.45, 7) is 3.39. The number of carbonyl (C=O) groups excluding carboxylic acids is 1. The van der Waals surface area contributed by atoms with Crippen LogP contribution in [0.25, 0.3) is 11.0 Å². The minimum absolute atomic E-state index is 0.0531. The maximum absolute atomic E-state index is 11.3. The minimum Gasteiger partial charge on any atom is -0.497 e. The van der Waals surface area contributed by atoms with E-state index in [4.69, 9.17) is 9.15 Å². The van der Waals surface area contributed by atoms with Gasteiger partial charge in [-0.05, 0) is 19.1 Å². The van der Waals surface area contributed by atoms with Gasteiger partial charge in [0.05, 0.1) is 7.11 Å². The van der Waals surface area contributed by atoms with Crippen LogP contribution in [-0.2, 0) is 0 Å². The van der Waals surface area contributed by atoms with Gasteiger partial charge in [0.2, 0.25) is 0 Å². The summed E-state index contributed by atoms with van der Waals surface area (Å²) in [7, 11) is 1.60. The van der Waals surface area contributed by atoms with E-state index in [1.54, 1.807) is 13.2 Å². The van der Waals surface area contributed by atoms with Gasteiger partial charge in [-0.15, -0.1) is 0 Å². The maximum atomic E-state index is 11.3. The van der Waals surface area contributed by atoms with Crippen LogP contribution in [0.15, 0.2) is 22.6 Å². The molecule has 78 valence electrons. The van der Waals surface area contributed by atoms with Crippen LogP contribution >= 0.6 is 0 Å². The largest absolute Gasteiger partial charge is 0.497 e. The quantitative estimate of drug-likeness (QED) is 0.706. The summed E-state index contributed by atoms with van der Waals surface area (Å²) in [6, 6.07) is 5.54. The Morgan fingerprint density at radius 1 is 1.40 bits per heavy atom. The summed E-state index contributed by atoms with van der Waals surface area (Å²) in [4.78, 5) is 11.3. The van der Waals surface area contributed by atoms with E-state index < -0.39 is 0 Å². The van der Waals surface area contributed by atoms with Gasteiger partial charge in [0.1, 0.15) is 11.3 Å². The molecule has 1 heterocycles. The number of ether oxygens (including phenoxy) is 1. The van der Waals surface area contributed by atoms with Gasteiger partial charge in [-0.1, -0.05) is 0 Å². The first-order valence-corrected chi connectivity index (χ1v) is 4.71. The number of hydrogen-bond acceptors (Lipinski definition) is 3. The van der Waals surface area contributed by atoms with E-state index in [1.807, 2.05) is 19.1 Å². The Hall–Kier alpha value is -1.77. The number of methoxy groups -OCH3 is 1. The molecule has 2 rings (SSSR count). The van der Waals surface area contributed by atoms with Gasteiger partial charge in [-0.2, -0.15) is 0 Å². The van der Waals surface area contributed by atoms with Crippen molar-refractivity contribution in [2.75, 3.05) is 7.11 Å². The molecule has 0 aliphatic carbocycles. The molecule has 1 aromatic heterocycles. The van der Waals surface area contributed by atoms with E-state index in [2.05, 4.69) is 0 Å². The number of fused-ring (bicyclic) bond motifs is 1. The van der Waals surface area contributed by atoms with Crippen molar-refractivity contribution in [3.8, 4) is 5.75 Å². The van der Waals surface area contributed by atoms with Crippen LogP contribution in [0.3, 0.4) is 0 Å². The summed E-state index contributed by atoms with van der Waals surface area (Å²) in [5.74, 6) is 1.10. The number of aryl methyl sites for hydroxylation is 1. The molecule has 3 nitrogen and oxygen atoms in total. The van der Waals surface area contributed by atoms with Gasteiger partial charge < -0.3 is 9.15 Å². The highest BCUT2D eigenvalue weighted by molar-refractivity contribution is 5.99. The lowest BCUT2D eigenvalue weighted by Crippen LogP contribution is -1.90. The molecular weight excluding hydrogens is 192 g/mol. The summed E-state index contributed by atoms with van der Waals surface area (Å²) in [5, 5.41) is 0.959. The number of furan rings is 1. The van der Waals surface area contributed by atoms with Crippen LogP contribution < -0.4 is 4.74 Å². The maximum Gasteiger partial charge on any atom is 0.195 e. The molecule has 0 fully saturated rings. The van der Waals surface area contributed by atoms with E-state index in [-0.39, 0.29) is 5.78 Å². The monoisotopic (exact) mass is 204 g/mol. The molecule has 0 atom stereocenters. The van der Waals surface area contributed by atoms with Gasteiger partial charge in [0.15, 0.2) is 11.5 Å². The molecule has 2 aromatic rings. The third kappa shape index (κ3) is 1.50. The molecule has 0 aliphatic rings. The average molecular weight is 204 g/mol. The van der Waals surface area contributed by atoms with Crippen molar-refractivity contribution in [1.29, 1.82) is 0 Å². The Labute approximate surface area is 87.6 Å². The molecule has 1 aromatic carbocycles. The van der Waals surface area contributed by atoms with Crippen molar-refractivity contribution >= 4 is 16.8 Å². The molecular formula is C12H12O3. The highest BCUT2D eigenvalue weighted by Gasteiger charge is 2.14. The first-order valence-electron chi connectivity index (χ1n) is 4.71. The Balaban J connectivity index is 2.70. The van der Waals surface area contributed by atoms with Crippen LogP contribution in [-0.4, -0.2) is 12.9 Å². The van der Waals surface area contributed by atoms with Crippen molar-refractivity contribution in [3.63, 3.8) is 0 Å². The van der Waals surface area contributed by atoms with E-state index in [0.717, 1.165) is 16.7 Å². The molecule has 15 heavy (non-hydrogen) atoms. The second kappa shape index (κ2) is 3.42. The van der Waals surface area contributed by atoms with Crippen molar-refractivity contribution < 1.29 is 13.9 Å². The third-order valence-corrected chi connectivity index (χ3v) is 2.47. The zero-order valence-electron chi connectivity index (χ0n) is 8.96. The minimum atomic E-state index is -0.0531.